The maximum atomic E-state index is 13.3. The van der Waals surface area contributed by atoms with E-state index in [1.807, 2.05) is 6.07 Å². The highest BCUT2D eigenvalue weighted by atomic mass is 16.5. The SMILES string of the molecule is COc1ccc(NC(=O)Cn2c(=O)c(CCC(=O)NC3CCCCC3)nc3ccccc32)c(OC)c1. The van der Waals surface area contributed by atoms with Crippen LogP contribution in [0.15, 0.2) is 47.3 Å². The lowest BCUT2D eigenvalue weighted by atomic mass is 9.95. The van der Waals surface area contributed by atoms with E-state index >= 15 is 0 Å². The highest BCUT2D eigenvalue weighted by molar-refractivity contribution is 5.93. The van der Waals surface area contributed by atoms with Gasteiger partial charge in [0.15, 0.2) is 0 Å². The van der Waals surface area contributed by atoms with Crippen LogP contribution in [0.4, 0.5) is 5.69 Å². The van der Waals surface area contributed by atoms with Crippen LogP contribution < -0.4 is 25.7 Å². The molecule has 2 N–H and O–H groups in total. The quantitative estimate of drug-likeness (QED) is 0.473. The van der Waals surface area contributed by atoms with E-state index < -0.39 is 5.91 Å². The fourth-order valence-corrected chi connectivity index (χ4v) is 4.58. The first kappa shape index (κ1) is 25.2. The van der Waals surface area contributed by atoms with Gasteiger partial charge in [0.25, 0.3) is 5.56 Å². The number of ether oxygens (including phenoxy) is 2. The molecule has 2 amide bonds. The minimum atomic E-state index is -0.391. The van der Waals surface area contributed by atoms with Crippen molar-refractivity contribution in [2.75, 3.05) is 19.5 Å². The van der Waals surface area contributed by atoms with E-state index in [-0.39, 0.29) is 42.6 Å². The molecule has 0 atom stereocenters. The van der Waals surface area contributed by atoms with E-state index in [4.69, 9.17) is 9.47 Å². The van der Waals surface area contributed by atoms with Crippen molar-refractivity contribution in [3.8, 4) is 11.5 Å². The Morgan fingerprint density at radius 2 is 1.81 bits per heavy atom. The molecule has 1 heterocycles. The molecule has 1 aromatic heterocycles. The predicted molar refractivity (Wildman–Crippen MR) is 138 cm³/mol. The number of hydrogen-bond donors (Lipinski definition) is 2. The monoisotopic (exact) mass is 492 g/mol. The van der Waals surface area contributed by atoms with Crippen LogP contribution >= 0.6 is 0 Å². The number of methoxy groups -OCH3 is 2. The lowest BCUT2D eigenvalue weighted by Gasteiger charge is -2.22. The Balaban J connectivity index is 1.52. The Bertz CT molecular complexity index is 1300. The number of carbonyl (C=O) groups excluding carboxylic acids is 2. The number of aromatic nitrogens is 2. The number of carbonyl (C=O) groups is 2. The first-order chi connectivity index (χ1) is 17.5. The number of anilines is 1. The summed E-state index contributed by atoms with van der Waals surface area (Å²) < 4.78 is 12.0. The summed E-state index contributed by atoms with van der Waals surface area (Å²) in [7, 11) is 3.05. The van der Waals surface area contributed by atoms with Crippen LogP contribution in [-0.4, -0.2) is 41.6 Å². The Labute approximate surface area is 209 Å². The summed E-state index contributed by atoms with van der Waals surface area (Å²) >= 11 is 0. The van der Waals surface area contributed by atoms with Crippen molar-refractivity contribution in [3.63, 3.8) is 0 Å². The van der Waals surface area contributed by atoms with Crippen molar-refractivity contribution in [3.05, 3.63) is 58.5 Å². The molecule has 4 rings (SSSR count). The fourth-order valence-electron chi connectivity index (χ4n) is 4.58. The molecule has 0 aliphatic heterocycles. The van der Waals surface area contributed by atoms with Crippen molar-refractivity contribution in [2.24, 2.45) is 0 Å². The van der Waals surface area contributed by atoms with Gasteiger partial charge in [-0.05, 0) is 37.1 Å². The van der Waals surface area contributed by atoms with Crippen LogP contribution in [0.2, 0.25) is 0 Å². The number of hydrogen-bond acceptors (Lipinski definition) is 6. The molecule has 0 bridgehead atoms. The number of aryl methyl sites for hydroxylation is 1. The number of rotatable bonds is 9. The zero-order chi connectivity index (χ0) is 25.5. The molecule has 1 saturated carbocycles. The van der Waals surface area contributed by atoms with Crippen LogP contribution in [0.25, 0.3) is 11.0 Å². The van der Waals surface area contributed by atoms with Gasteiger partial charge in [-0.2, -0.15) is 0 Å². The third-order valence-electron chi connectivity index (χ3n) is 6.46. The van der Waals surface area contributed by atoms with Gasteiger partial charge in [0, 0.05) is 24.9 Å². The summed E-state index contributed by atoms with van der Waals surface area (Å²) in [6, 6.07) is 12.4. The third-order valence-corrected chi connectivity index (χ3v) is 6.46. The smallest absolute Gasteiger partial charge is 0.273 e. The van der Waals surface area contributed by atoms with Gasteiger partial charge in [0.05, 0.1) is 30.9 Å². The minimum Gasteiger partial charge on any atom is -0.497 e. The molecular weight excluding hydrogens is 460 g/mol. The van der Waals surface area contributed by atoms with Crippen LogP contribution in [0.5, 0.6) is 11.5 Å². The van der Waals surface area contributed by atoms with Crippen molar-refractivity contribution < 1.29 is 19.1 Å². The summed E-state index contributed by atoms with van der Waals surface area (Å²) in [5, 5.41) is 5.88. The van der Waals surface area contributed by atoms with E-state index in [9.17, 15) is 14.4 Å². The van der Waals surface area contributed by atoms with Gasteiger partial charge in [-0.25, -0.2) is 4.98 Å². The van der Waals surface area contributed by atoms with Gasteiger partial charge in [-0.3, -0.25) is 19.0 Å². The Hall–Kier alpha value is -3.88. The number of para-hydroxylation sites is 2. The topological polar surface area (TPSA) is 112 Å². The highest BCUT2D eigenvalue weighted by Crippen LogP contribution is 2.29. The summed E-state index contributed by atoms with van der Waals surface area (Å²) in [6.07, 6.45) is 5.86. The second-order valence-corrected chi connectivity index (χ2v) is 8.96. The Kier molecular flexibility index (Phi) is 8.20. The van der Waals surface area contributed by atoms with Gasteiger partial charge >= 0.3 is 0 Å². The Morgan fingerprint density at radius 3 is 2.56 bits per heavy atom. The number of fused-ring (bicyclic) bond motifs is 1. The van der Waals surface area contributed by atoms with Crippen LogP contribution in [0, 0.1) is 0 Å². The highest BCUT2D eigenvalue weighted by Gasteiger charge is 2.18. The van der Waals surface area contributed by atoms with Crippen molar-refractivity contribution in [1.82, 2.24) is 14.9 Å². The first-order valence-electron chi connectivity index (χ1n) is 12.3. The van der Waals surface area contributed by atoms with Gasteiger partial charge in [0.2, 0.25) is 11.8 Å². The maximum absolute atomic E-state index is 13.3. The first-order valence-corrected chi connectivity index (χ1v) is 12.3. The predicted octanol–water partition coefficient (Wildman–Crippen LogP) is 3.43. The molecule has 9 nitrogen and oxygen atoms in total. The van der Waals surface area contributed by atoms with Crippen molar-refractivity contribution >= 4 is 28.5 Å². The molecule has 9 heteroatoms. The standard InChI is InChI=1S/C27H32N4O5/c1-35-19-12-13-21(24(16-19)36-2)30-26(33)17-31-23-11-7-6-10-20(23)29-22(27(31)34)14-15-25(32)28-18-8-4-3-5-9-18/h6-7,10-13,16,18H,3-5,8-9,14-15,17H2,1-2H3,(H,28,32)(H,30,33). The number of nitrogens with zero attached hydrogens (tertiary/aromatic N) is 2. The van der Waals surface area contributed by atoms with Crippen molar-refractivity contribution in [2.45, 2.75) is 57.5 Å². The van der Waals surface area contributed by atoms with Crippen LogP contribution in [0.3, 0.4) is 0 Å². The van der Waals surface area contributed by atoms with Crippen LogP contribution in [-0.2, 0) is 22.6 Å². The summed E-state index contributed by atoms with van der Waals surface area (Å²) in [4.78, 5) is 43.3. The van der Waals surface area contributed by atoms with E-state index in [0.717, 1.165) is 25.7 Å². The van der Waals surface area contributed by atoms with Gasteiger partial charge < -0.3 is 20.1 Å². The average Bonchev–Trinajstić information content (AvgIpc) is 2.90. The number of benzene rings is 2. The minimum absolute atomic E-state index is 0.0767. The molecule has 36 heavy (non-hydrogen) atoms. The molecule has 190 valence electrons. The lowest BCUT2D eigenvalue weighted by Crippen LogP contribution is -2.37. The van der Waals surface area contributed by atoms with E-state index in [1.165, 1.54) is 18.1 Å². The zero-order valence-corrected chi connectivity index (χ0v) is 20.7. The zero-order valence-electron chi connectivity index (χ0n) is 20.7. The van der Waals surface area contributed by atoms with Gasteiger partial charge in [-0.15, -0.1) is 0 Å². The van der Waals surface area contributed by atoms with Crippen molar-refractivity contribution in [1.29, 1.82) is 0 Å². The lowest BCUT2D eigenvalue weighted by molar-refractivity contribution is -0.122. The molecule has 2 aromatic carbocycles. The molecule has 0 radical (unpaired) electrons. The fraction of sp³-hybridized carbons (Fsp3) is 0.407. The Morgan fingerprint density at radius 1 is 1.03 bits per heavy atom. The summed E-state index contributed by atoms with van der Waals surface area (Å²) in [5.41, 5.74) is 1.50. The molecule has 1 fully saturated rings. The summed E-state index contributed by atoms with van der Waals surface area (Å²) in [6.45, 7) is -0.210. The maximum Gasteiger partial charge on any atom is 0.273 e. The molecule has 0 saturated heterocycles. The van der Waals surface area contributed by atoms with Gasteiger partial charge in [-0.1, -0.05) is 31.4 Å². The van der Waals surface area contributed by atoms with Crippen LogP contribution in [0.1, 0.15) is 44.2 Å². The van der Waals surface area contributed by atoms with E-state index in [0.29, 0.717) is 28.2 Å². The normalized spacial score (nSPS) is 13.8. The van der Waals surface area contributed by atoms with Gasteiger partial charge in [0.1, 0.15) is 23.7 Å². The molecule has 0 unspecified atom stereocenters. The van der Waals surface area contributed by atoms with E-state index in [1.54, 1.807) is 43.5 Å². The number of nitrogens with one attached hydrogen (secondary N) is 2. The molecule has 1 aliphatic carbocycles. The molecule has 1 aliphatic rings. The largest absolute Gasteiger partial charge is 0.497 e. The summed E-state index contributed by atoms with van der Waals surface area (Å²) in [5.74, 6) is 0.572. The average molecular weight is 493 g/mol. The molecule has 3 aromatic rings. The molecule has 0 spiro atoms. The third kappa shape index (κ3) is 6.02. The second-order valence-electron chi connectivity index (χ2n) is 8.96. The number of amides is 2. The second kappa shape index (κ2) is 11.7. The molecular formula is C27H32N4O5. The van der Waals surface area contributed by atoms with E-state index in [2.05, 4.69) is 15.6 Å².